The Morgan fingerprint density at radius 3 is 1.09 bits per heavy atom. The molecule has 0 bridgehead atoms. The normalized spacial score (nSPS) is 12.0. The highest BCUT2D eigenvalue weighted by Crippen LogP contribution is 2.37. The van der Waals surface area contributed by atoms with E-state index in [1.165, 1.54) is 85.1 Å². The summed E-state index contributed by atoms with van der Waals surface area (Å²) in [5.41, 5.74) is 7.06. The van der Waals surface area contributed by atoms with E-state index < -0.39 is 16.1 Å². The van der Waals surface area contributed by atoms with Crippen molar-refractivity contribution in [3.63, 3.8) is 0 Å². The average Bonchev–Trinajstić information content (AvgIpc) is 3.96. The highest BCUT2D eigenvalue weighted by molar-refractivity contribution is 7.21. The van der Waals surface area contributed by atoms with Crippen LogP contribution >= 0.6 is 0 Å². The van der Waals surface area contributed by atoms with Gasteiger partial charge in [0.25, 0.3) is 0 Å². The fourth-order valence-electron chi connectivity index (χ4n) is 12.0. The van der Waals surface area contributed by atoms with Gasteiger partial charge in [0.2, 0.25) is 0 Å². The van der Waals surface area contributed by atoms with E-state index in [4.69, 9.17) is 0 Å². The van der Waals surface area contributed by atoms with Gasteiger partial charge in [-0.1, -0.05) is 243 Å². The molecule has 0 spiro atoms. The van der Waals surface area contributed by atoms with E-state index in [1.807, 2.05) is 0 Å². The van der Waals surface area contributed by atoms with Crippen molar-refractivity contribution in [2.24, 2.45) is 0 Å². The van der Waals surface area contributed by atoms with E-state index in [1.54, 1.807) is 0 Å². The monoisotopic (exact) mass is 924 g/mol. The van der Waals surface area contributed by atoms with Gasteiger partial charge in [-0.15, -0.1) is 0 Å². The van der Waals surface area contributed by atoms with Crippen molar-refractivity contribution in [3.8, 4) is 11.4 Å². The molecule has 0 amide bonds. The van der Waals surface area contributed by atoms with Crippen molar-refractivity contribution < 1.29 is 0 Å². The van der Waals surface area contributed by atoms with Crippen molar-refractivity contribution in [1.82, 2.24) is 9.13 Å². The molecule has 0 atom stereocenters. The number of aromatic nitrogens is 2. The highest BCUT2D eigenvalue weighted by atomic mass is 28.3. The Morgan fingerprint density at radius 2 is 0.571 bits per heavy atom. The Morgan fingerprint density at radius 1 is 0.214 bits per heavy atom. The molecule has 4 heteroatoms. The number of nitrogens with zero attached hydrogens (tertiary/aromatic N) is 2. The standard InChI is InChI=1S/C66H48N2Si2/c1-7-26-51(27-8-1)69(52-28-9-2-10-29-52,53-30-11-3-12-31-53)57-38-23-25-49(47-57)67-61-41-21-19-39-58(61)60-48-50(45-46-63(60)67)68-62-42-22-20-40-59(62)66-64(68)43-24-44-65(66)70(54-32-13-4-14-33-54,55-34-15-5-16-35-55)56-36-17-6-18-37-56/h1-48H. The molecule has 0 aliphatic carbocycles. The first-order valence-electron chi connectivity index (χ1n) is 24.3. The van der Waals surface area contributed by atoms with Crippen molar-refractivity contribution in [2.75, 3.05) is 0 Å². The molecule has 2 aromatic heterocycles. The molecule has 11 aromatic carbocycles. The van der Waals surface area contributed by atoms with Crippen molar-refractivity contribution >= 4 is 101 Å². The van der Waals surface area contributed by atoms with Gasteiger partial charge in [-0.05, 0) is 90.0 Å². The number of fused-ring (bicyclic) bond motifs is 6. The summed E-state index contributed by atoms with van der Waals surface area (Å²) in [6.45, 7) is 0. The minimum Gasteiger partial charge on any atom is -0.309 e. The van der Waals surface area contributed by atoms with Crippen LogP contribution < -0.4 is 41.5 Å². The van der Waals surface area contributed by atoms with Crippen LogP contribution in [0.5, 0.6) is 0 Å². The Balaban J connectivity index is 1.05. The molecule has 0 unspecified atom stereocenters. The zero-order chi connectivity index (χ0) is 46.5. The summed E-state index contributed by atoms with van der Waals surface area (Å²) in [6.07, 6.45) is 0. The summed E-state index contributed by atoms with van der Waals surface area (Å²) < 4.78 is 5.00. The third-order valence-corrected chi connectivity index (χ3v) is 24.4. The largest absolute Gasteiger partial charge is 0.309 e. The van der Waals surface area contributed by atoms with Gasteiger partial charge in [-0.2, -0.15) is 0 Å². The topological polar surface area (TPSA) is 9.86 Å². The van der Waals surface area contributed by atoms with Crippen molar-refractivity contribution in [2.45, 2.75) is 0 Å². The van der Waals surface area contributed by atoms with Gasteiger partial charge >= 0.3 is 0 Å². The molecule has 0 aliphatic rings. The lowest BCUT2D eigenvalue weighted by molar-refractivity contribution is 1.17. The average molecular weight is 925 g/mol. The molecule has 13 aromatic rings. The molecule has 13 rings (SSSR count). The molecule has 330 valence electrons. The van der Waals surface area contributed by atoms with Crippen LogP contribution in [0.2, 0.25) is 0 Å². The van der Waals surface area contributed by atoms with Crippen LogP contribution in [0.4, 0.5) is 0 Å². The lowest BCUT2D eigenvalue weighted by Crippen LogP contribution is -2.74. The van der Waals surface area contributed by atoms with Gasteiger partial charge in [0, 0.05) is 32.9 Å². The van der Waals surface area contributed by atoms with E-state index in [0.29, 0.717) is 0 Å². The molecule has 0 saturated carbocycles. The second-order valence-electron chi connectivity index (χ2n) is 18.4. The Bertz CT molecular complexity index is 3790. The summed E-state index contributed by atoms with van der Waals surface area (Å²) in [4.78, 5) is 0. The number of rotatable bonds is 10. The molecule has 0 fully saturated rings. The second kappa shape index (κ2) is 17.2. The van der Waals surface area contributed by atoms with E-state index in [-0.39, 0.29) is 0 Å². The molecule has 0 aliphatic heterocycles. The van der Waals surface area contributed by atoms with Crippen LogP contribution in [0, 0.1) is 0 Å². The van der Waals surface area contributed by atoms with E-state index in [0.717, 1.165) is 11.4 Å². The van der Waals surface area contributed by atoms with E-state index in [9.17, 15) is 0 Å². The van der Waals surface area contributed by atoms with Crippen LogP contribution in [0.25, 0.3) is 55.0 Å². The minimum absolute atomic E-state index is 1.14. The van der Waals surface area contributed by atoms with Crippen LogP contribution in [-0.4, -0.2) is 25.3 Å². The van der Waals surface area contributed by atoms with E-state index >= 15 is 0 Å². The first-order chi connectivity index (χ1) is 34.8. The van der Waals surface area contributed by atoms with Crippen molar-refractivity contribution in [1.29, 1.82) is 0 Å². The molecule has 0 saturated heterocycles. The Labute approximate surface area is 410 Å². The Kier molecular flexibility index (Phi) is 10.2. The van der Waals surface area contributed by atoms with Gasteiger partial charge in [0.15, 0.2) is 16.1 Å². The molecule has 2 nitrogen and oxygen atoms in total. The van der Waals surface area contributed by atoms with Gasteiger partial charge < -0.3 is 9.13 Å². The van der Waals surface area contributed by atoms with Crippen LogP contribution in [0.1, 0.15) is 0 Å². The van der Waals surface area contributed by atoms with Gasteiger partial charge in [-0.25, -0.2) is 0 Å². The van der Waals surface area contributed by atoms with Gasteiger partial charge in [0.05, 0.1) is 22.1 Å². The highest BCUT2D eigenvalue weighted by Gasteiger charge is 2.44. The summed E-state index contributed by atoms with van der Waals surface area (Å²) in [7, 11) is -5.65. The van der Waals surface area contributed by atoms with Gasteiger partial charge in [0.1, 0.15) is 0 Å². The minimum atomic E-state index is -2.88. The summed E-state index contributed by atoms with van der Waals surface area (Å²) >= 11 is 0. The summed E-state index contributed by atoms with van der Waals surface area (Å²) in [5.74, 6) is 0. The molecule has 2 heterocycles. The quantitative estimate of drug-likeness (QED) is 0.0956. The van der Waals surface area contributed by atoms with Crippen LogP contribution in [-0.2, 0) is 0 Å². The lowest BCUT2D eigenvalue weighted by Gasteiger charge is -2.35. The Hall–Kier alpha value is -8.55. The number of hydrogen-bond acceptors (Lipinski definition) is 0. The second-order valence-corrected chi connectivity index (χ2v) is 25.9. The molecular formula is C66H48N2Si2. The number of para-hydroxylation sites is 2. The number of benzene rings is 11. The van der Waals surface area contributed by atoms with Gasteiger partial charge in [-0.3, -0.25) is 0 Å². The third kappa shape index (κ3) is 6.38. The first-order valence-corrected chi connectivity index (χ1v) is 28.3. The maximum absolute atomic E-state index is 2.88. The zero-order valence-electron chi connectivity index (χ0n) is 38.6. The lowest BCUT2D eigenvalue weighted by atomic mass is 10.1. The molecular weight excluding hydrogens is 877 g/mol. The fourth-order valence-corrected chi connectivity index (χ4v) is 21.7. The fraction of sp³-hybridized carbons (Fsp3) is 0. The maximum atomic E-state index is 2.51. The molecule has 0 radical (unpaired) electrons. The third-order valence-electron chi connectivity index (χ3n) is 14.8. The van der Waals surface area contributed by atoms with E-state index in [2.05, 4.69) is 300 Å². The number of hydrogen-bond donors (Lipinski definition) is 0. The maximum Gasteiger partial charge on any atom is 0.180 e. The van der Waals surface area contributed by atoms with Crippen molar-refractivity contribution in [3.05, 3.63) is 291 Å². The smallest absolute Gasteiger partial charge is 0.180 e. The molecule has 70 heavy (non-hydrogen) atoms. The molecule has 0 N–H and O–H groups in total. The van der Waals surface area contributed by atoms with Crippen LogP contribution in [0.3, 0.4) is 0 Å². The first kappa shape index (κ1) is 41.6. The predicted molar refractivity (Wildman–Crippen MR) is 302 cm³/mol. The predicted octanol–water partition coefficient (Wildman–Crippen LogP) is 10.6. The van der Waals surface area contributed by atoms with Crippen LogP contribution in [0.15, 0.2) is 291 Å². The SMILES string of the molecule is c1ccc([Si](c2ccccc2)(c2ccccc2)c2cccc(-n3c4ccccc4c4cc(-n5c6ccccc6c6c([Si](c7ccccc7)(c7ccccc7)c7ccccc7)cccc65)ccc43)c2)cc1. The zero-order valence-corrected chi connectivity index (χ0v) is 40.6. The summed E-state index contributed by atoms with van der Waals surface area (Å²) in [6, 6.07) is 109. The summed E-state index contributed by atoms with van der Waals surface area (Å²) in [5, 5.41) is 15.9.